The average Bonchev–Trinajstić information content (AvgIpc) is 3.12. The molecule has 0 radical (unpaired) electrons. The monoisotopic (exact) mass is 445 g/mol. The standard InChI is InChI=1S/C26H27N3O2S/c1-3-7-25(30)27-18-10-13-20(14-11-18)32-17-26(31)28-19-12-15-24-22(16-19)21-8-5-6-9-23(21)29(24)4-2/h5-6,8-16H,3-4,7,17H2,1-2H3,(H,27,30)(H,28,31). The maximum atomic E-state index is 12.5. The number of aryl methyl sites for hydroxylation is 1. The van der Waals surface area contributed by atoms with Gasteiger partial charge in [0.05, 0.1) is 5.75 Å². The van der Waals surface area contributed by atoms with Gasteiger partial charge in [0.1, 0.15) is 0 Å². The number of aromatic nitrogens is 1. The van der Waals surface area contributed by atoms with E-state index in [9.17, 15) is 9.59 Å². The minimum Gasteiger partial charge on any atom is -0.341 e. The molecule has 0 aliphatic heterocycles. The maximum absolute atomic E-state index is 12.5. The molecule has 0 fully saturated rings. The zero-order chi connectivity index (χ0) is 22.5. The summed E-state index contributed by atoms with van der Waals surface area (Å²) in [6.45, 7) is 5.02. The van der Waals surface area contributed by atoms with Crippen molar-refractivity contribution in [3.05, 3.63) is 66.7 Å². The lowest BCUT2D eigenvalue weighted by molar-refractivity contribution is -0.116. The number of nitrogens with zero attached hydrogens (tertiary/aromatic N) is 1. The number of hydrogen-bond donors (Lipinski definition) is 2. The number of benzene rings is 3. The molecule has 0 saturated carbocycles. The first kappa shape index (κ1) is 22.0. The Balaban J connectivity index is 1.40. The summed E-state index contributed by atoms with van der Waals surface area (Å²) >= 11 is 1.47. The lowest BCUT2D eigenvalue weighted by atomic mass is 10.1. The third-order valence-corrected chi connectivity index (χ3v) is 6.37. The lowest BCUT2D eigenvalue weighted by Gasteiger charge is -2.08. The number of carbonyl (C=O) groups excluding carboxylic acids is 2. The first-order valence-corrected chi connectivity index (χ1v) is 11.9. The van der Waals surface area contributed by atoms with Gasteiger partial charge < -0.3 is 15.2 Å². The van der Waals surface area contributed by atoms with Gasteiger partial charge >= 0.3 is 0 Å². The molecule has 5 nitrogen and oxygen atoms in total. The van der Waals surface area contributed by atoms with Crippen LogP contribution in [0.3, 0.4) is 0 Å². The van der Waals surface area contributed by atoms with Crippen LogP contribution >= 0.6 is 11.8 Å². The zero-order valence-electron chi connectivity index (χ0n) is 18.4. The van der Waals surface area contributed by atoms with E-state index in [1.54, 1.807) is 0 Å². The molecule has 0 atom stereocenters. The molecule has 2 amide bonds. The van der Waals surface area contributed by atoms with E-state index in [2.05, 4.69) is 52.5 Å². The summed E-state index contributed by atoms with van der Waals surface area (Å²) in [6, 6.07) is 22.0. The van der Waals surface area contributed by atoms with Crippen LogP contribution in [-0.2, 0) is 16.1 Å². The number of rotatable bonds is 8. The number of fused-ring (bicyclic) bond motifs is 3. The van der Waals surface area contributed by atoms with E-state index in [0.29, 0.717) is 12.2 Å². The first-order chi connectivity index (χ1) is 15.6. The largest absolute Gasteiger partial charge is 0.341 e. The van der Waals surface area contributed by atoms with E-state index in [0.717, 1.165) is 34.6 Å². The molecular weight excluding hydrogens is 418 g/mol. The average molecular weight is 446 g/mol. The summed E-state index contributed by atoms with van der Waals surface area (Å²) in [5, 5.41) is 8.24. The number of nitrogens with one attached hydrogen (secondary N) is 2. The first-order valence-electron chi connectivity index (χ1n) is 10.9. The van der Waals surface area contributed by atoms with Crippen LogP contribution in [-0.4, -0.2) is 22.1 Å². The Hall–Kier alpha value is -3.25. The lowest BCUT2D eigenvalue weighted by Crippen LogP contribution is -2.14. The fourth-order valence-corrected chi connectivity index (χ4v) is 4.60. The third kappa shape index (κ3) is 4.81. The summed E-state index contributed by atoms with van der Waals surface area (Å²) in [4.78, 5) is 25.2. The molecule has 32 heavy (non-hydrogen) atoms. The quantitative estimate of drug-likeness (QED) is 0.314. The smallest absolute Gasteiger partial charge is 0.234 e. The van der Waals surface area contributed by atoms with Gasteiger partial charge in [0.2, 0.25) is 11.8 Å². The van der Waals surface area contributed by atoms with Gasteiger partial charge in [-0.05, 0) is 61.9 Å². The molecule has 6 heteroatoms. The summed E-state index contributed by atoms with van der Waals surface area (Å²) in [6.07, 6.45) is 1.34. The van der Waals surface area contributed by atoms with E-state index < -0.39 is 0 Å². The Labute approximate surface area is 192 Å². The topological polar surface area (TPSA) is 63.1 Å². The van der Waals surface area contributed by atoms with Crippen molar-refractivity contribution in [1.82, 2.24) is 4.57 Å². The van der Waals surface area contributed by atoms with Crippen molar-refractivity contribution < 1.29 is 9.59 Å². The third-order valence-electron chi connectivity index (χ3n) is 5.36. The highest BCUT2D eigenvalue weighted by atomic mass is 32.2. The van der Waals surface area contributed by atoms with Crippen molar-refractivity contribution in [1.29, 1.82) is 0 Å². The van der Waals surface area contributed by atoms with Gasteiger partial charge in [-0.25, -0.2) is 0 Å². The Bertz CT molecular complexity index is 1260. The van der Waals surface area contributed by atoms with Crippen LogP contribution < -0.4 is 10.6 Å². The predicted molar refractivity (Wildman–Crippen MR) is 134 cm³/mol. The number of amides is 2. The van der Waals surface area contributed by atoms with Crippen molar-refractivity contribution >= 4 is 56.8 Å². The number of anilines is 2. The van der Waals surface area contributed by atoms with Gasteiger partial charge in [-0.2, -0.15) is 0 Å². The van der Waals surface area contributed by atoms with Crippen LogP contribution in [0.1, 0.15) is 26.7 Å². The molecule has 0 unspecified atom stereocenters. The van der Waals surface area contributed by atoms with Gasteiger partial charge in [0.25, 0.3) is 0 Å². The highest BCUT2D eigenvalue weighted by Crippen LogP contribution is 2.31. The van der Waals surface area contributed by atoms with E-state index in [1.807, 2.05) is 43.3 Å². The Morgan fingerprint density at radius 1 is 0.812 bits per heavy atom. The molecular formula is C26H27N3O2S. The van der Waals surface area contributed by atoms with Gasteiger partial charge in [0, 0.05) is 51.0 Å². The fraction of sp³-hybridized carbons (Fsp3) is 0.231. The Morgan fingerprint density at radius 2 is 1.50 bits per heavy atom. The Morgan fingerprint density at radius 3 is 2.25 bits per heavy atom. The molecule has 164 valence electrons. The van der Waals surface area contributed by atoms with E-state index >= 15 is 0 Å². The summed E-state index contributed by atoms with van der Waals surface area (Å²) in [7, 11) is 0. The van der Waals surface area contributed by atoms with Crippen molar-refractivity contribution in [2.24, 2.45) is 0 Å². The van der Waals surface area contributed by atoms with Crippen molar-refractivity contribution in [3.8, 4) is 0 Å². The van der Waals surface area contributed by atoms with E-state index in [1.165, 1.54) is 28.2 Å². The maximum Gasteiger partial charge on any atom is 0.234 e. The van der Waals surface area contributed by atoms with Crippen molar-refractivity contribution in [3.63, 3.8) is 0 Å². The van der Waals surface area contributed by atoms with Crippen molar-refractivity contribution in [2.45, 2.75) is 38.1 Å². The molecule has 1 heterocycles. The normalized spacial score (nSPS) is 11.1. The van der Waals surface area contributed by atoms with Crippen LogP contribution in [0.25, 0.3) is 21.8 Å². The molecule has 0 aliphatic carbocycles. The fourth-order valence-electron chi connectivity index (χ4n) is 3.90. The highest BCUT2D eigenvalue weighted by molar-refractivity contribution is 8.00. The summed E-state index contributed by atoms with van der Waals surface area (Å²) < 4.78 is 2.29. The highest BCUT2D eigenvalue weighted by Gasteiger charge is 2.11. The van der Waals surface area contributed by atoms with Crippen LogP contribution in [0, 0.1) is 0 Å². The Kier molecular flexibility index (Phi) is 6.81. The van der Waals surface area contributed by atoms with Crippen LogP contribution in [0.2, 0.25) is 0 Å². The minimum atomic E-state index is -0.0473. The molecule has 0 aliphatic rings. The summed E-state index contributed by atoms with van der Waals surface area (Å²) in [5.41, 5.74) is 3.96. The second kappa shape index (κ2) is 9.92. The molecule has 3 aromatic carbocycles. The van der Waals surface area contributed by atoms with Gasteiger partial charge in [0.15, 0.2) is 0 Å². The van der Waals surface area contributed by atoms with Gasteiger partial charge in [-0.15, -0.1) is 11.8 Å². The molecule has 2 N–H and O–H groups in total. The molecule has 4 aromatic rings. The van der Waals surface area contributed by atoms with E-state index in [4.69, 9.17) is 0 Å². The molecule has 1 aromatic heterocycles. The molecule has 0 saturated heterocycles. The van der Waals surface area contributed by atoms with Gasteiger partial charge in [-0.1, -0.05) is 25.1 Å². The van der Waals surface area contributed by atoms with E-state index in [-0.39, 0.29) is 11.8 Å². The van der Waals surface area contributed by atoms with Crippen LogP contribution in [0.5, 0.6) is 0 Å². The second-order valence-electron chi connectivity index (χ2n) is 7.65. The van der Waals surface area contributed by atoms with Crippen LogP contribution in [0.4, 0.5) is 11.4 Å². The zero-order valence-corrected chi connectivity index (χ0v) is 19.2. The summed E-state index contributed by atoms with van der Waals surface area (Å²) in [5.74, 6) is 0.288. The molecule has 0 bridgehead atoms. The second-order valence-corrected chi connectivity index (χ2v) is 8.70. The SMILES string of the molecule is CCCC(=O)Nc1ccc(SCC(=O)Nc2ccc3c(c2)c2ccccc2n3CC)cc1. The van der Waals surface area contributed by atoms with Gasteiger partial charge in [-0.3, -0.25) is 9.59 Å². The molecule has 4 rings (SSSR count). The van der Waals surface area contributed by atoms with Crippen molar-refractivity contribution in [2.75, 3.05) is 16.4 Å². The number of para-hydroxylation sites is 1. The number of thioether (sulfide) groups is 1. The van der Waals surface area contributed by atoms with Crippen LogP contribution in [0.15, 0.2) is 71.6 Å². The minimum absolute atomic E-state index is 0.0197. The predicted octanol–water partition coefficient (Wildman–Crippen LogP) is 6.28. The number of hydrogen-bond acceptors (Lipinski definition) is 3. The number of carbonyl (C=O) groups is 2. The molecule has 0 spiro atoms.